The number of nitrogens with two attached hydrogens (primary N) is 1. The van der Waals surface area contributed by atoms with Gasteiger partial charge in [-0.2, -0.15) is 12.6 Å². The van der Waals surface area contributed by atoms with Gasteiger partial charge in [0.2, 0.25) is 11.8 Å². The summed E-state index contributed by atoms with van der Waals surface area (Å²) in [5.41, 5.74) is 5.22. The zero-order valence-electron chi connectivity index (χ0n) is 5.63. The molecule has 0 aromatic rings. The number of rotatable bonds is 2. The van der Waals surface area contributed by atoms with E-state index in [-0.39, 0.29) is 5.75 Å². The van der Waals surface area contributed by atoms with Crippen molar-refractivity contribution in [2.75, 3.05) is 5.75 Å². The summed E-state index contributed by atoms with van der Waals surface area (Å²) in [6.07, 6.45) is 0. The fourth-order valence-corrected chi connectivity index (χ4v) is 0.515. The maximum Gasteiger partial charge on any atom is 0.244 e. The lowest BCUT2D eigenvalue weighted by Gasteiger charge is -2.05. The van der Waals surface area contributed by atoms with E-state index in [0.29, 0.717) is 0 Å². The summed E-state index contributed by atoms with van der Waals surface area (Å²) in [4.78, 5) is 20.9. The first-order valence-corrected chi connectivity index (χ1v) is 3.39. The minimum Gasteiger partial charge on any atom is -0.319 e. The predicted octanol–water partition coefficient (Wildman–Crippen LogP) is -1.09. The van der Waals surface area contributed by atoms with E-state index in [2.05, 4.69) is 12.6 Å². The van der Waals surface area contributed by atoms with Gasteiger partial charge in [-0.15, -0.1) is 0 Å². The highest BCUT2D eigenvalue weighted by Crippen LogP contribution is 1.82. The van der Waals surface area contributed by atoms with E-state index >= 15 is 0 Å². The highest BCUT2D eigenvalue weighted by atomic mass is 32.1. The van der Waals surface area contributed by atoms with E-state index in [1.807, 2.05) is 5.32 Å². The third-order valence-corrected chi connectivity index (χ3v) is 1.23. The van der Waals surface area contributed by atoms with Crippen molar-refractivity contribution in [3.8, 4) is 0 Å². The van der Waals surface area contributed by atoms with Crippen LogP contribution in [0.3, 0.4) is 0 Å². The molecule has 0 aromatic carbocycles. The SMILES string of the molecule is CC(=O)NC(=O)C(N)CS. The van der Waals surface area contributed by atoms with Crippen LogP contribution < -0.4 is 11.1 Å². The van der Waals surface area contributed by atoms with Gasteiger partial charge in [0.1, 0.15) is 0 Å². The first kappa shape index (κ1) is 9.45. The van der Waals surface area contributed by atoms with Crippen molar-refractivity contribution >= 4 is 24.4 Å². The first-order valence-electron chi connectivity index (χ1n) is 2.75. The molecule has 0 saturated heterocycles. The maximum atomic E-state index is 10.7. The summed E-state index contributed by atoms with van der Waals surface area (Å²) in [5, 5.41) is 2.04. The van der Waals surface area contributed by atoms with Crippen molar-refractivity contribution in [2.45, 2.75) is 13.0 Å². The van der Waals surface area contributed by atoms with Gasteiger partial charge in [0, 0.05) is 12.7 Å². The quantitative estimate of drug-likeness (QED) is 0.452. The van der Waals surface area contributed by atoms with Crippen molar-refractivity contribution in [3.63, 3.8) is 0 Å². The number of amides is 2. The molecule has 2 amide bonds. The Bertz CT molecular complexity index is 149. The molecule has 0 fully saturated rings. The van der Waals surface area contributed by atoms with E-state index in [4.69, 9.17) is 5.73 Å². The molecule has 0 radical (unpaired) electrons. The van der Waals surface area contributed by atoms with Crippen LogP contribution >= 0.6 is 12.6 Å². The van der Waals surface area contributed by atoms with Gasteiger partial charge in [0.15, 0.2) is 0 Å². The van der Waals surface area contributed by atoms with Crippen LogP contribution in [0.15, 0.2) is 0 Å². The summed E-state index contributed by atoms with van der Waals surface area (Å²) < 4.78 is 0. The molecule has 10 heavy (non-hydrogen) atoms. The van der Waals surface area contributed by atoms with Gasteiger partial charge < -0.3 is 5.73 Å². The summed E-state index contributed by atoms with van der Waals surface area (Å²) >= 11 is 3.78. The molecule has 0 aliphatic rings. The van der Waals surface area contributed by atoms with Gasteiger partial charge in [-0.25, -0.2) is 0 Å². The molecule has 0 rings (SSSR count). The highest BCUT2D eigenvalue weighted by molar-refractivity contribution is 7.80. The fraction of sp³-hybridized carbons (Fsp3) is 0.600. The Labute approximate surface area is 64.6 Å². The van der Waals surface area contributed by atoms with Crippen LogP contribution in [0.25, 0.3) is 0 Å². The molecule has 3 N–H and O–H groups in total. The van der Waals surface area contributed by atoms with Gasteiger partial charge in [0.25, 0.3) is 0 Å². The number of hydrogen-bond acceptors (Lipinski definition) is 4. The second-order valence-electron chi connectivity index (χ2n) is 1.83. The van der Waals surface area contributed by atoms with Crippen LogP contribution in [0.1, 0.15) is 6.92 Å². The van der Waals surface area contributed by atoms with Crippen LogP contribution in [0.4, 0.5) is 0 Å². The molecule has 0 heterocycles. The minimum atomic E-state index is -0.702. The molecule has 1 unspecified atom stereocenters. The van der Waals surface area contributed by atoms with Crippen LogP contribution in [-0.4, -0.2) is 23.6 Å². The Morgan fingerprint density at radius 3 is 2.50 bits per heavy atom. The second kappa shape index (κ2) is 4.29. The Morgan fingerprint density at radius 1 is 1.70 bits per heavy atom. The number of imide groups is 1. The molecule has 1 atom stereocenters. The largest absolute Gasteiger partial charge is 0.319 e. The summed E-state index contributed by atoms with van der Waals surface area (Å²) in [6.45, 7) is 1.25. The van der Waals surface area contributed by atoms with Crippen molar-refractivity contribution in [2.24, 2.45) is 5.73 Å². The van der Waals surface area contributed by atoms with Crippen LogP contribution in [-0.2, 0) is 9.59 Å². The van der Waals surface area contributed by atoms with Crippen molar-refractivity contribution in [1.29, 1.82) is 0 Å². The molecule has 0 spiro atoms. The Hall–Kier alpha value is -0.550. The molecule has 5 heteroatoms. The number of carbonyl (C=O) groups excluding carboxylic acids is 2. The summed E-state index contributed by atoms with van der Waals surface area (Å²) in [5.74, 6) is -0.649. The lowest BCUT2D eigenvalue weighted by Crippen LogP contribution is -2.43. The Kier molecular flexibility index (Phi) is 4.06. The number of nitrogens with one attached hydrogen (secondary N) is 1. The van der Waals surface area contributed by atoms with Crippen LogP contribution in [0, 0.1) is 0 Å². The normalized spacial score (nSPS) is 12.3. The Morgan fingerprint density at radius 2 is 2.20 bits per heavy atom. The lowest BCUT2D eigenvalue weighted by molar-refractivity contribution is -0.129. The molecule has 0 bridgehead atoms. The van der Waals surface area contributed by atoms with Crippen molar-refractivity contribution in [1.82, 2.24) is 5.32 Å². The van der Waals surface area contributed by atoms with Crippen LogP contribution in [0.5, 0.6) is 0 Å². The number of carbonyl (C=O) groups is 2. The molecular weight excluding hydrogens is 152 g/mol. The molecule has 58 valence electrons. The minimum absolute atomic E-state index is 0.235. The predicted molar refractivity (Wildman–Crippen MR) is 40.7 cm³/mol. The Balaban J connectivity index is 3.73. The van der Waals surface area contributed by atoms with Gasteiger partial charge in [-0.1, -0.05) is 0 Å². The van der Waals surface area contributed by atoms with Gasteiger partial charge in [-0.3, -0.25) is 14.9 Å². The fourth-order valence-electron chi connectivity index (χ4n) is 0.349. The highest BCUT2D eigenvalue weighted by Gasteiger charge is 2.11. The average molecular weight is 162 g/mol. The van der Waals surface area contributed by atoms with E-state index in [9.17, 15) is 9.59 Å². The van der Waals surface area contributed by atoms with E-state index in [1.165, 1.54) is 6.92 Å². The maximum absolute atomic E-state index is 10.7. The van der Waals surface area contributed by atoms with Crippen LogP contribution in [0.2, 0.25) is 0 Å². The zero-order chi connectivity index (χ0) is 8.15. The van der Waals surface area contributed by atoms with Gasteiger partial charge >= 0.3 is 0 Å². The smallest absolute Gasteiger partial charge is 0.244 e. The number of hydrogen-bond donors (Lipinski definition) is 3. The number of thiol groups is 1. The topological polar surface area (TPSA) is 72.2 Å². The summed E-state index contributed by atoms with van der Waals surface area (Å²) in [7, 11) is 0. The molecule has 0 saturated carbocycles. The van der Waals surface area contributed by atoms with Gasteiger partial charge in [-0.05, 0) is 0 Å². The monoisotopic (exact) mass is 162 g/mol. The summed E-state index contributed by atoms with van der Waals surface area (Å²) in [6, 6.07) is -0.702. The van der Waals surface area contributed by atoms with Gasteiger partial charge in [0.05, 0.1) is 6.04 Å². The lowest BCUT2D eigenvalue weighted by atomic mass is 10.3. The van der Waals surface area contributed by atoms with Crippen molar-refractivity contribution in [3.05, 3.63) is 0 Å². The molecular formula is C5H10N2O2S. The zero-order valence-corrected chi connectivity index (χ0v) is 6.52. The van der Waals surface area contributed by atoms with E-state index < -0.39 is 17.9 Å². The molecule has 0 aromatic heterocycles. The standard InChI is InChI=1S/C5H10N2O2S/c1-3(8)7-5(9)4(6)2-10/h4,10H,2,6H2,1H3,(H,7,8,9). The molecule has 0 aliphatic heterocycles. The molecule has 4 nitrogen and oxygen atoms in total. The first-order chi connectivity index (χ1) is 4.57. The van der Waals surface area contributed by atoms with Crippen molar-refractivity contribution < 1.29 is 9.59 Å². The second-order valence-corrected chi connectivity index (χ2v) is 2.20. The van der Waals surface area contributed by atoms with E-state index in [1.54, 1.807) is 0 Å². The molecule has 0 aliphatic carbocycles. The average Bonchev–Trinajstić information content (AvgIpc) is 1.85. The third-order valence-electron chi connectivity index (χ3n) is 0.833. The van der Waals surface area contributed by atoms with E-state index in [0.717, 1.165) is 0 Å². The third kappa shape index (κ3) is 3.47.